The number of Topliss-reactive ketones (excluding diaryl/α,β-unsaturated/α-hetero) is 1. The number of fused-ring (bicyclic) bond motifs is 1. The lowest BCUT2D eigenvalue weighted by Gasteiger charge is -2.59. The van der Waals surface area contributed by atoms with E-state index in [2.05, 4.69) is 26.9 Å². The third kappa shape index (κ3) is 1.36. The maximum absolute atomic E-state index is 12.9. The number of carbonyl (C=O) groups is 1. The molecule has 7 rings (SSSR count). The van der Waals surface area contributed by atoms with Crippen molar-refractivity contribution in [1.82, 2.24) is 4.90 Å². The number of nitrogens with zero attached hydrogens (tertiary/aromatic N) is 1. The zero-order chi connectivity index (χ0) is 17.4. The molecular formula is C21H22BrNO3. The van der Waals surface area contributed by atoms with Crippen LogP contribution < -0.4 is 9.47 Å². The molecule has 2 aliphatic heterocycles. The molecule has 5 heteroatoms. The fraction of sp³-hybridized carbons (Fsp3) is 0.667. The van der Waals surface area contributed by atoms with Crippen LogP contribution in [0.15, 0.2) is 10.5 Å². The van der Waals surface area contributed by atoms with E-state index in [0.717, 1.165) is 41.3 Å². The third-order valence-electron chi connectivity index (χ3n) is 8.36. The topological polar surface area (TPSA) is 38.8 Å². The van der Waals surface area contributed by atoms with Gasteiger partial charge in [0, 0.05) is 46.4 Å². The fourth-order valence-electron chi connectivity index (χ4n) is 7.57. The number of hydrogen-bond donors (Lipinski definition) is 0. The summed E-state index contributed by atoms with van der Waals surface area (Å²) in [5, 5.41) is 0. The second kappa shape index (κ2) is 4.33. The van der Waals surface area contributed by atoms with Gasteiger partial charge in [-0.1, -0.05) is 15.9 Å². The smallest absolute Gasteiger partial charge is 0.174 e. The Hall–Kier alpha value is -1.07. The minimum atomic E-state index is -0.286. The molecule has 2 spiro atoms. The van der Waals surface area contributed by atoms with Gasteiger partial charge in [0.2, 0.25) is 0 Å². The molecule has 1 aromatic carbocycles. The zero-order valence-electron chi connectivity index (χ0n) is 14.9. The lowest BCUT2D eigenvalue weighted by atomic mass is 9.58. The van der Waals surface area contributed by atoms with Crippen LogP contribution in [0, 0.1) is 11.8 Å². The van der Waals surface area contributed by atoms with Crippen LogP contribution in [0.5, 0.6) is 11.5 Å². The van der Waals surface area contributed by atoms with E-state index in [1.165, 1.54) is 30.5 Å². The van der Waals surface area contributed by atoms with Gasteiger partial charge in [0.1, 0.15) is 0 Å². The van der Waals surface area contributed by atoms with Gasteiger partial charge in [-0.15, -0.1) is 0 Å². The number of carbonyl (C=O) groups excluding carboxylic acids is 1. The third-order valence-corrected chi connectivity index (χ3v) is 8.99. The van der Waals surface area contributed by atoms with E-state index in [1.807, 2.05) is 0 Å². The van der Waals surface area contributed by atoms with E-state index in [9.17, 15) is 4.79 Å². The maximum atomic E-state index is 12.9. The average Bonchev–Trinajstić information content (AvgIpc) is 3.21. The van der Waals surface area contributed by atoms with Crippen molar-refractivity contribution in [2.24, 2.45) is 11.8 Å². The minimum Gasteiger partial charge on any atom is -0.493 e. The Labute approximate surface area is 161 Å². The molecular weight excluding hydrogens is 394 g/mol. The average molecular weight is 416 g/mol. The lowest BCUT2D eigenvalue weighted by molar-refractivity contribution is -0.133. The molecule has 3 saturated carbocycles. The van der Waals surface area contributed by atoms with Gasteiger partial charge < -0.3 is 9.47 Å². The number of hydrogen-bond acceptors (Lipinski definition) is 4. The van der Waals surface area contributed by atoms with Crippen molar-refractivity contribution in [3.63, 3.8) is 0 Å². The van der Waals surface area contributed by atoms with Crippen LogP contribution in [0.3, 0.4) is 0 Å². The molecule has 0 amide bonds. The normalized spacial score (nSPS) is 43.8. The summed E-state index contributed by atoms with van der Waals surface area (Å²) >= 11 is 3.86. The van der Waals surface area contributed by atoms with Crippen LogP contribution in [-0.4, -0.2) is 43.0 Å². The van der Waals surface area contributed by atoms with Crippen LogP contribution in [0.4, 0.5) is 0 Å². The van der Waals surface area contributed by atoms with E-state index in [-0.39, 0.29) is 16.9 Å². The highest BCUT2D eigenvalue weighted by Crippen LogP contribution is 2.77. The van der Waals surface area contributed by atoms with E-state index >= 15 is 0 Å². The largest absolute Gasteiger partial charge is 0.493 e. The SMILES string of the molecule is COc1cc(Br)c2c3c1O[C@@H]1C(=O)CCC4C5N(CC6CC6)CC25C[C@]341. The monoisotopic (exact) mass is 415 g/mol. The van der Waals surface area contributed by atoms with E-state index in [0.29, 0.717) is 24.2 Å². The second-order valence-electron chi connectivity index (χ2n) is 9.44. The summed E-state index contributed by atoms with van der Waals surface area (Å²) in [6.45, 7) is 2.42. The van der Waals surface area contributed by atoms with Crippen molar-refractivity contribution in [2.75, 3.05) is 20.2 Å². The fourth-order valence-corrected chi connectivity index (χ4v) is 8.37. The molecule has 4 nitrogen and oxygen atoms in total. The number of ketones is 1. The van der Waals surface area contributed by atoms with Crippen molar-refractivity contribution in [1.29, 1.82) is 0 Å². The molecule has 2 bridgehead atoms. The Morgan fingerprint density at radius 1 is 1.35 bits per heavy atom. The molecule has 0 N–H and O–H groups in total. The molecule has 26 heavy (non-hydrogen) atoms. The molecule has 136 valence electrons. The summed E-state index contributed by atoms with van der Waals surface area (Å²) in [6.07, 6.45) is 5.32. The van der Waals surface area contributed by atoms with Crippen molar-refractivity contribution in [3.8, 4) is 11.5 Å². The highest BCUT2D eigenvalue weighted by Gasteiger charge is 2.80. The first-order valence-corrected chi connectivity index (χ1v) is 10.7. The Balaban J connectivity index is 1.47. The van der Waals surface area contributed by atoms with Crippen molar-refractivity contribution in [2.45, 2.75) is 55.1 Å². The van der Waals surface area contributed by atoms with E-state index in [1.54, 1.807) is 7.11 Å². The van der Waals surface area contributed by atoms with Crippen molar-refractivity contribution < 1.29 is 14.3 Å². The summed E-state index contributed by atoms with van der Waals surface area (Å²) in [5.74, 6) is 3.42. The van der Waals surface area contributed by atoms with Crippen LogP contribution in [0.25, 0.3) is 0 Å². The van der Waals surface area contributed by atoms with Crippen LogP contribution in [0.2, 0.25) is 0 Å². The molecule has 6 aliphatic rings. The summed E-state index contributed by atoms with van der Waals surface area (Å²) < 4.78 is 13.2. The Morgan fingerprint density at radius 3 is 2.96 bits per heavy atom. The van der Waals surface area contributed by atoms with Crippen LogP contribution in [-0.2, 0) is 15.6 Å². The molecule has 3 unspecified atom stereocenters. The lowest BCUT2D eigenvalue weighted by Crippen LogP contribution is -2.68. The number of rotatable bonds is 3. The maximum Gasteiger partial charge on any atom is 0.174 e. The first kappa shape index (κ1) is 14.9. The van der Waals surface area contributed by atoms with Gasteiger partial charge in [0.25, 0.3) is 0 Å². The molecule has 0 radical (unpaired) electrons. The number of ether oxygens (including phenoxy) is 2. The standard InChI is InChI=1S/C21H22BrNO3/c1-25-14-6-12(22)15-16-17(14)26-19-13(24)5-4-11-18-20(15,8-21(11,16)19)9-23(18)7-10-2-3-10/h6,10-11,18-19H,2-5,7-9H2,1H3/t11?,18?,19-,20?,21-/m1/s1. The van der Waals surface area contributed by atoms with E-state index < -0.39 is 0 Å². The molecule has 2 heterocycles. The minimum absolute atomic E-state index is 0.0972. The predicted octanol–water partition coefficient (Wildman–Crippen LogP) is 3.18. The van der Waals surface area contributed by atoms with Gasteiger partial charge in [-0.05, 0) is 49.1 Å². The predicted molar refractivity (Wildman–Crippen MR) is 98.9 cm³/mol. The van der Waals surface area contributed by atoms with E-state index in [4.69, 9.17) is 9.47 Å². The summed E-state index contributed by atoms with van der Waals surface area (Å²) in [5.41, 5.74) is 2.90. The van der Waals surface area contributed by atoms with Gasteiger partial charge in [-0.3, -0.25) is 9.69 Å². The first-order chi connectivity index (χ1) is 12.6. The number of halogens is 1. The highest BCUT2D eigenvalue weighted by atomic mass is 79.9. The zero-order valence-corrected chi connectivity index (χ0v) is 16.5. The van der Waals surface area contributed by atoms with Gasteiger partial charge in [-0.25, -0.2) is 0 Å². The highest BCUT2D eigenvalue weighted by molar-refractivity contribution is 9.10. The van der Waals surface area contributed by atoms with Crippen LogP contribution in [0.1, 0.15) is 43.2 Å². The van der Waals surface area contributed by atoms with Gasteiger partial charge in [0.15, 0.2) is 23.4 Å². The quantitative estimate of drug-likeness (QED) is 0.759. The van der Waals surface area contributed by atoms with Gasteiger partial charge in [0.05, 0.1) is 7.11 Å². The second-order valence-corrected chi connectivity index (χ2v) is 10.3. The van der Waals surface area contributed by atoms with Crippen molar-refractivity contribution in [3.05, 3.63) is 21.7 Å². The summed E-state index contributed by atoms with van der Waals surface area (Å²) in [6, 6.07) is 2.67. The molecule has 4 aliphatic carbocycles. The van der Waals surface area contributed by atoms with Crippen LogP contribution >= 0.6 is 15.9 Å². The first-order valence-electron chi connectivity index (χ1n) is 9.95. The molecule has 5 atom stereocenters. The Morgan fingerprint density at radius 2 is 2.19 bits per heavy atom. The van der Waals surface area contributed by atoms with Gasteiger partial charge in [-0.2, -0.15) is 0 Å². The molecule has 1 saturated heterocycles. The molecule has 0 aromatic heterocycles. The number of methoxy groups -OCH3 is 1. The Bertz CT molecular complexity index is 896. The number of benzene rings is 1. The molecule has 4 fully saturated rings. The Kier molecular flexibility index (Phi) is 2.48. The molecule has 1 aromatic rings. The summed E-state index contributed by atoms with van der Waals surface area (Å²) in [4.78, 5) is 15.6. The van der Waals surface area contributed by atoms with Gasteiger partial charge >= 0.3 is 0 Å². The van der Waals surface area contributed by atoms with Crippen molar-refractivity contribution >= 4 is 21.7 Å². The summed E-state index contributed by atoms with van der Waals surface area (Å²) in [7, 11) is 1.70. The number of likely N-dealkylation sites (tertiary alicyclic amines) is 1.